The second-order valence-electron chi connectivity index (χ2n) is 7.90. The Morgan fingerprint density at radius 3 is 1.88 bits per heavy atom. The van der Waals surface area contributed by atoms with Crippen molar-refractivity contribution in [1.82, 2.24) is 4.90 Å². The number of hydrogen-bond acceptors (Lipinski definition) is 4. The van der Waals surface area contributed by atoms with Crippen LogP contribution in [0.3, 0.4) is 0 Å². The third-order valence-electron chi connectivity index (χ3n) is 5.64. The van der Waals surface area contributed by atoms with Crippen LogP contribution in [0.4, 0.5) is 13.2 Å². The molecule has 3 aromatic rings. The van der Waals surface area contributed by atoms with Crippen molar-refractivity contribution >= 4 is 14.7 Å². The molecule has 0 atom stereocenters. The predicted molar refractivity (Wildman–Crippen MR) is 121 cm³/mol. The normalized spacial score (nSPS) is 14.3. The van der Waals surface area contributed by atoms with Crippen LogP contribution in [0.1, 0.15) is 22.7 Å². The van der Waals surface area contributed by atoms with Gasteiger partial charge in [-0.15, -0.1) is 0 Å². The first kappa shape index (κ1) is 23.1. The molecule has 0 saturated carbocycles. The molecular weight excluding hydrogens is 451 g/mol. The monoisotopic (exact) mass is 473 g/mol. The minimum Gasteiger partial charge on any atom is -0.491 e. The van der Waals surface area contributed by atoms with Gasteiger partial charge in [-0.25, -0.2) is 17.2 Å². The molecule has 0 amide bonds. The molecule has 33 heavy (non-hydrogen) atoms. The van der Waals surface area contributed by atoms with Gasteiger partial charge in [0.05, 0.1) is 18.1 Å². The van der Waals surface area contributed by atoms with Crippen LogP contribution in [-0.4, -0.2) is 39.8 Å². The number of methoxy groups -OCH3 is 1. The van der Waals surface area contributed by atoms with E-state index in [0.29, 0.717) is 11.6 Å². The van der Waals surface area contributed by atoms with Crippen LogP contribution in [-0.2, 0) is 9.84 Å². The highest BCUT2D eigenvalue weighted by Gasteiger charge is 2.36. The summed E-state index contributed by atoms with van der Waals surface area (Å²) in [5, 5.41) is 0. The molecule has 4 nitrogen and oxygen atoms in total. The summed E-state index contributed by atoms with van der Waals surface area (Å²) < 4.78 is 72.9. The van der Waals surface area contributed by atoms with E-state index in [1.807, 2.05) is 65.6 Å². The third kappa shape index (κ3) is 4.41. The van der Waals surface area contributed by atoms with E-state index < -0.39 is 38.6 Å². The minimum atomic E-state index is -3.97. The fourth-order valence-corrected chi connectivity index (χ4v) is 5.43. The van der Waals surface area contributed by atoms with Crippen molar-refractivity contribution in [2.45, 2.75) is 6.04 Å². The summed E-state index contributed by atoms with van der Waals surface area (Å²) in [7, 11) is -2.97. The number of benzene rings is 3. The molecule has 1 aliphatic heterocycles. The van der Waals surface area contributed by atoms with E-state index in [-0.39, 0.29) is 24.0 Å². The first-order valence-corrected chi connectivity index (χ1v) is 12.1. The number of sulfone groups is 1. The van der Waals surface area contributed by atoms with Gasteiger partial charge in [-0.05, 0) is 22.8 Å². The Morgan fingerprint density at radius 2 is 1.42 bits per heavy atom. The van der Waals surface area contributed by atoms with Crippen LogP contribution >= 0.6 is 0 Å². The Labute approximate surface area is 190 Å². The molecule has 0 unspecified atom stereocenters. The fraction of sp³-hybridized carbons (Fsp3) is 0.200. The van der Waals surface area contributed by atoms with Crippen LogP contribution in [0.15, 0.2) is 72.3 Å². The van der Waals surface area contributed by atoms with Gasteiger partial charge in [-0.2, -0.15) is 4.39 Å². The van der Waals surface area contributed by atoms with Crippen molar-refractivity contribution in [3.8, 4) is 5.75 Å². The highest BCUT2D eigenvalue weighted by molar-refractivity contribution is 8.00. The zero-order chi connectivity index (χ0) is 23.8. The van der Waals surface area contributed by atoms with Crippen molar-refractivity contribution in [1.29, 1.82) is 0 Å². The lowest BCUT2D eigenvalue weighted by Gasteiger charge is -2.42. The summed E-state index contributed by atoms with van der Waals surface area (Å²) in [6.45, 7) is 0.440. The highest BCUT2D eigenvalue weighted by Crippen LogP contribution is 2.40. The lowest BCUT2D eigenvalue weighted by molar-refractivity contribution is 0.203. The molecule has 1 fully saturated rings. The first-order chi connectivity index (χ1) is 15.7. The standard InChI is InChI=1S/C25H22F3NO3S/c1-32-24-21(27)19(13-20(26)22(24)28)25(33(2,30)31)18-14-29(15-18)23(16-9-5-3-6-10-16)17-11-7-4-8-12-17/h3-13,23H,14-15H2,1-2H3. The second-order valence-corrected chi connectivity index (χ2v) is 9.85. The summed E-state index contributed by atoms with van der Waals surface area (Å²) in [6, 6.07) is 19.9. The lowest BCUT2D eigenvalue weighted by atomic mass is 9.92. The minimum absolute atomic E-state index is 0.152. The third-order valence-corrected chi connectivity index (χ3v) is 6.89. The summed E-state index contributed by atoms with van der Waals surface area (Å²) in [4.78, 5) is 1.70. The van der Waals surface area contributed by atoms with Crippen molar-refractivity contribution in [3.63, 3.8) is 0 Å². The molecule has 0 aliphatic carbocycles. The van der Waals surface area contributed by atoms with E-state index in [1.54, 1.807) is 0 Å². The number of halogens is 3. The molecule has 0 spiro atoms. The quantitative estimate of drug-likeness (QED) is 0.474. The first-order valence-electron chi connectivity index (χ1n) is 10.2. The smallest absolute Gasteiger partial charge is 0.203 e. The molecule has 3 aromatic carbocycles. The molecule has 0 bridgehead atoms. The summed E-state index contributed by atoms with van der Waals surface area (Å²) >= 11 is 0. The fourth-order valence-electron chi connectivity index (χ4n) is 4.23. The second kappa shape index (κ2) is 9.03. The van der Waals surface area contributed by atoms with Gasteiger partial charge >= 0.3 is 0 Å². The summed E-state index contributed by atoms with van der Waals surface area (Å²) in [5.74, 6) is -5.08. The molecule has 8 heteroatoms. The maximum atomic E-state index is 15.0. The average Bonchev–Trinajstić information content (AvgIpc) is 2.76. The zero-order valence-corrected chi connectivity index (χ0v) is 18.9. The van der Waals surface area contributed by atoms with E-state index >= 15 is 0 Å². The van der Waals surface area contributed by atoms with Crippen molar-refractivity contribution in [2.24, 2.45) is 0 Å². The molecule has 172 valence electrons. The molecule has 0 radical (unpaired) electrons. The molecule has 1 aliphatic rings. The van der Waals surface area contributed by atoms with Gasteiger partial charge in [0.2, 0.25) is 5.82 Å². The number of rotatable bonds is 6. The SMILES string of the molecule is COc1c(F)c(F)cc(C(=C2CN(C(c3ccccc3)c3ccccc3)C2)S(C)(=O)=O)c1F. The highest BCUT2D eigenvalue weighted by atomic mass is 32.2. The van der Waals surface area contributed by atoms with E-state index in [2.05, 4.69) is 4.74 Å². The average molecular weight is 474 g/mol. The summed E-state index contributed by atoms with van der Waals surface area (Å²) in [6.07, 6.45) is 0.928. The van der Waals surface area contributed by atoms with Crippen molar-refractivity contribution in [2.75, 3.05) is 26.5 Å². The molecule has 1 heterocycles. The number of hydrogen-bond donors (Lipinski definition) is 0. The Bertz CT molecular complexity index is 1260. The Hall–Kier alpha value is -3.10. The summed E-state index contributed by atoms with van der Waals surface area (Å²) in [5.41, 5.74) is 1.92. The van der Waals surface area contributed by atoms with Crippen LogP contribution in [0.2, 0.25) is 0 Å². The number of ether oxygens (including phenoxy) is 1. The molecular formula is C25H22F3NO3S. The molecule has 0 N–H and O–H groups in total. The van der Waals surface area contributed by atoms with E-state index in [1.165, 1.54) is 0 Å². The zero-order valence-electron chi connectivity index (χ0n) is 18.1. The van der Waals surface area contributed by atoms with E-state index in [0.717, 1.165) is 24.5 Å². The van der Waals surface area contributed by atoms with Crippen LogP contribution < -0.4 is 4.74 Å². The largest absolute Gasteiger partial charge is 0.491 e. The van der Waals surface area contributed by atoms with Gasteiger partial charge in [0.15, 0.2) is 27.2 Å². The van der Waals surface area contributed by atoms with Crippen LogP contribution in [0.25, 0.3) is 4.91 Å². The topological polar surface area (TPSA) is 46.6 Å². The van der Waals surface area contributed by atoms with E-state index in [9.17, 15) is 21.6 Å². The van der Waals surface area contributed by atoms with Crippen LogP contribution in [0, 0.1) is 17.5 Å². The number of likely N-dealkylation sites (tertiary alicyclic amines) is 1. The predicted octanol–water partition coefficient (Wildman–Crippen LogP) is 4.97. The van der Waals surface area contributed by atoms with Gasteiger partial charge in [0.1, 0.15) is 0 Å². The van der Waals surface area contributed by atoms with Gasteiger partial charge in [-0.3, -0.25) is 4.90 Å². The Kier molecular flexibility index (Phi) is 6.32. The molecule has 1 saturated heterocycles. The Balaban J connectivity index is 1.78. The Morgan fingerprint density at radius 1 is 0.909 bits per heavy atom. The molecule has 0 aromatic heterocycles. The maximum absolute atomic E-state index is 15.0. The van der Waals surface area contributed by atoms with Crippen molar-refractivity contribution in [3.05, 3.63) is 106 Å². The van der Waals surface area contributed by atoms with Crippen LogP contribution in [0.5, 0.6) is 5.75 Å². The van der Waals surface area contributed by atoms with Gasteiger partial charge in [0.25, 0.3) is 0 Å². The van der Waals surface area contributed by atoms with Crippen molar-refractivity contribution < 1.29 is 26.3 Å². The lowest BCUT2D eigenvalue weighted by Crippen LogP contribution is -2.44. The van der Waals surface area contributed by atoms with Gasteiger partial charge < -0.3 is 4.74 Å². The van der Waals surface area contributed by atoms with Gasteiger partial charge in [0, 0.05) is 24.9 Å². The maximum Gasteiger partial charge on any atom is 0.203 e. The molecule has 4 rings (SSSR count). The number of nitrogens with zero attached hydrogens (tertiary/aromatic N) is 1. The van der Waals surface area contributed by atoms with Gasteiger partial charge in [-0.1, -0.05) is 60.7 Å². The van der Waals surface area contributed by atoms with E-state index in [4.69, 9.17) is 0 Å².